The third-order valence-electron chi connectivity index (χ3n) is 16.9. The van der Waals surface area contributed by atoms with Crippen LogP contribution >= 0.6 is 15.6 Å². The van der Waals surface area contributed by atoms with Crippen LogP contribution in [0.4, 0.5) is 0 Å². The molecule has 2 unspecified atom stereocenters. The van der Waals surface area contributed by atoms with Crippen LogP contribution in [0.3, 0.4) is 0 Å². The molecule has 91 heavy (non-hydrogen) atoms. The number of esters is 4. The summed E-state index contributed by atoms with van der Waals surface area (Å²) in [5.41, 5.74) is 0. The van der Waals surface area contributed by atoms with Gasteiger partial charge in [-0.1, -0.05) is 329 Å². The van der Waals surface area contributed by atoms with E-state index in [1.807, 2.05) is 0 Å². The van der Waals surface area contributed by atoms with E-state index in [4.69, 9.17) is 37.0 Å². The van der Waals surface area contributed by atoms with Crippen LogP contribution in [-0.2, 0) is 65.4 Å². The highest BCUT2D eigenvalue weighted by molar-refractivity contribution is 7.47. The number of phosphoric ester groups is 2. The van der Waals surface area contributed by atoms with Crippen LogP contribution in [0.25, 0.3) is 0 Å². The molecule has 540 valence electrons. The number of carbonyl (C=O) groups excluding carboxylic acids is 4. The van der Waals surface area contributed by atoms with Gasteiger partial charge in [0.25, 0.3) is 0 Å². The lowest BCUT2D eigenvalue weighted by atomic mass is 10.0. The van der Waals surface area contributed by atoms with Crippen molar-refractivity contribution in [2.75, 3.05) is 39.6 Å². The topological polar surface area (TPSA) is 237 Å². The third kappa shape index (κ3) is 66.5. The molecule has 0 aliphatic carbocycles. The first-order valence-corrected chi connectivity index (χ1v) is 40.8. The van der Waals surface area contributed by atoms with Gasteiger partial charge in [-0.15, -0.1) is 0 Å². The van der Waals surface area contributed by atoms with Crippen molar-refractivity contribution < 1.29 is 80.2 Å². The molecule has 0 aliphatic heterocycles. The number of ether oxygens (including phenoxy) is 4. The normalized spacial score (nSPS) is 14.0. The lowest BCUT2D eigenvalue weighted by molar-refractivity contribution is -0.161. The summed E-state index contributed by atoms with van der Waals surface area (Å²) < 4.78 is 68.3. The van der Waals surface area contributed by atoms with E-state index in [-0.39, 0.29) is 25.7 Å². The number of phosphoric acid groups is 2. The fraction of sp³-hybridized carbons (Fsp3) is 0.944. The Morgan fingerprint density at radius 3 is 0.648 bits per heavy atom. The lowest BCUT2D eigenvalue weighted by Crippen LogP contribution is -2.30. The van der Waals surface area contributed by atoms with Crippen LogP contribution in [0, 0.1) is 0 Å². The van der Waals surface area contributed by atoms with Gasteiger partial charge >= 0.3 is 39.5 Å². The van der Waals surface area contributed by atoms with Crippen LogP contribution in [0.1, 0.15) is 381 Å². The Kier molecular flexibility index (Phi) is 65.2. The summed E-state index contributed by atoms with van der Waals surface area (Å²) in [5.74, 6) is -2.12. The Bertz CT molecular complexity index is 1740. The predicted octanol–water partition coefficient (Wildman–Crippen LogP) is 21.1. The van der Waals surface area contributed by atoms with Gasteiger partial charge in [-0.2, -0.15) is 0 Å². The minimum Gasteiger partial charge on any atom is -0.462 e. The molecule has 0 saturated carbocycles. The van der Waals surface area contributed by atoms with Gasteiger partial charge in [-0.25, -0.2) is 9.13 Å². The molecule has 5 atom stereocenters. The Morgan fingerprint density at radius 2 is 0.440 bits per heavy atom. The fourth-order valence-corrected chi connectivity index (χ4v) is 12.6. The average molecular weight is 1340 g/mol. The summed E-state index contributed by atoms with van der Waals surface area (Å²) in [4.78, 5) is 72.5. The molecular weight excluding hydrogens is 1200 g/mol. The molecule has 0 spiro atoms. The zero-order valence-electron chi connectivity index (χ0n) is 58.8. The maximum absolute atomic E-state index is 13.0. The third-order valence-corrected chi connectivity index (χ3v) is 18.8. The predicted molar refractivity (Wildman–Crippen MR) is 368 cm³/mol. The highest BCUT2D eigenvalue weighted by Crippen LogP contribution is 2.45. The largest absolute Gasteiger partial charge is 0.472 e. The summed E-state index contributed by atoms with van der Waals surface area (Å²) in [6, 6.07) is 0. The molecule has 0 aliphatic rings. The Hall–Kier alpha value is -1.94. The first kappa shape index (κ1) is 89.1. The Labute approximate surface area is 556 Å². The first-order valence-electron chi connectivity index (χ1n) is 37.8. The molecule has 0 heterocycles. The van der Waals surface area contributed by atoms with E-state index >= 15 is 0 Å². The fourth-order valence-electron chi connectivity index (χ4n) is 11.0. The molecule has 0 aromatic heterocycles. The second kappa shape index (κ2) is 66.7. The number of carbonyl (C=O) groups is 4. The number of hydrogen-bond donors (Lipinski definition) is 3. The first-order chi connectivity index (χ1) is 44.2. The minimum absolute atomic E-state index is 0.107. The summed E-state index contributed by atoms with van der Waals surface area (Å²) in [5, 5.41) is 10.6. The zero-order valence-corrected chi connectivity index (χ0v) is 60.6. The van der Waals surface area contributed by atoms with Crippen LogP contribution in [0.15, 0.2) is 0 Å². The smallest absolute Gasteiger partial charge is 0.462 e. The second-order valence-electron chi connectivity index (χ2n) is 26.0. The minimum atomic E-state index is -4.95. The van der Waals surface area contributed by atoms with E-state index in [1.54, 1.807) is 0 Å². The van der Waals surface area contributed by atoms with Gasteiger partial charge in [0.15, 0.2) is 12.2 Å². The maximum atomic E-state index is 13.0. The molecular formula is C72H140O17P2. The molecule has 0 fully saturated rings. The number of unbranched alkanes of at least 4 members (excludes halogenated alkanes) is 47. The second-order valence-corrected chi connectivity index (χ2v) is 28.9. The standard InChI is InChI=1S/C72H140O17P2/c1-5-9-13-17-21-25-28-30-31-32-33-34-35-37-39-43-47-51-55-59-72(77)89-68(63-83-70(75)57-53-49-45-42-38-36-29-26-22-18-14-10-6-2)65-87-91(80,81)85-61-66(73)60-84-90(78,79)86-64-67(62-82-69(74)56-52-48-44-40-24-20-16-12-8-4)88-71(76)58-54-50-46-41-27-23-19-15-11-7-3/h66-68,73H,5-65H2,1-4H3,(H,78,79)(H,80,81)/t66-,67+,68+/m0/s1. The van der Waals surface area contributed by atoms with E-state index in [0.29, 0.717) is 25.7 Å². The van der Waals surface area contributed by atoms with E-state index < -0.39 is 97.5 Å². The van der Waals surface area contributed by atoms with E-state index in [2.05, 4.69) is 27.7 Å². The van der Waals surface area contributed by atoms with E-state index in [9.17, 15) is 43.2 Å². The van der Waals surface area contributed by atoms with Crippen LogP contribution in [0.5, 0.6) is 0 Å². The highest BCUT2D eigenvalue weighted by Gasteiger charge is 2.30. The van der Waals surface area contributed by atoms with Crippen molar-refractivity contribution in [2.24, 2.45) is 0 Å². The Balaban J connectivity index is 5.19. The van der Waals surface area contributed by atoms with Crippen molar-refractivity contribution in [3.8, 4) is 0 Å². The quantitative estimate of drug-likeness (QED) is 0.0222. The summed E-state index contributed by atoms with van der Waals surface area (Å²) in [6.45, 7) is 4.94. The molecule has 0 amide bonds. The highest BCUT2D eigenvalue weighted by atomic mass is 31.2. The molecule has 0 aromatic rings. The molecule has 17 nitrogen and oxygen atoms in total. The van der Waals surface area contributed by atoms with Gasteiger partial charge in [-0.05, 0) is 25.7 Å². The van der Waals surface area contributed by atoms with Crippen molar-refractivity contribution in [1.82, 2.24) is 0 Å². The van der Waals surface area contributed by atoms with E-state index in [0.717, 1.165) is 89.9 Å². The maximum Gasteiger partial charge on any atom is 0.472 e. The van der Waals surface area contributed by atoms with Gasteiger partial charge in [0.05, 0.1) is 26.4 Å². The summed E-state index contributed by atoms with van der Waals surface area (Å²) in [6.07, 6.45) is 55.5. The van der Waals surface area contributed by atoms with Gasteiger partial charge < -0.3 is 33.8 Å². The molecule has 0 bridgehead atoms. The molecule has 19 heteroatoms. The number of aliphatic hydroxyl groups is 1. The summed E-state index contributed by atoms with van der Waals surface area (Å²) in [7, 11) is -9.90. The van der Waals surface area contributed by atoms with Crippen LogP contribution in [-0.4, -0.2) is 96.7 Å². The van der Waals surface area contributed by atoms with Crippen molar-refractivity contribution in [3.05, 3.63) is 0 Å². The number of rotatable bonds is 73. The van der Waals surface area contributed by atoms with Crippen molar-refractivity contribution in [1.29, 1.82) is 0 Å². The van der Waals surface area contributed by atoms with Crippen LogP contribution < -0.4 is 0 Å². The Morgan fingerprint density at radius 1 is 0.264 bits per heavy atom. The molecule has 0 radical (unpaired) electrons. The average Bonchev–Trinajstić information content (AvgIpc) is 3.71. The molecule has 0 aromatic carbocycles. The zero-order chi connectivity index (χ0) is 66.8. The molecule has 0 rings (SSSR count). The van der Waals surface area contributed by atoms with Gasteiger partial charge in [0, 0.05) is 25.7 Å². The van der Waals surface area contributed by atoms with Gasteiger partial charge in [-0.3, -0.25) is 37.3 Å². The monoisotopic (exact) mass is 1340 g/mol. The van der Waals surface area contributed by atoms with Crippen molar-refractivity contribution in [3.63, 3.8) is 0 Å². The molecule has 0 saturated heterocycles. The lowest BCUT2D eigenvalue weighted by Gasteiger charge is -2.21. The molecule has 3 N–H and O–H groups in total. The number of aliphatic hydroxyl groups excluding tert-OH is 1. The van der Waals surface area contributed by atoms with Crippen LogP contribution in [0.2, 0.25) is 0 Å². The van der Waals surface area contributed by atoms with Crippen molar-refractivity contribution >= 4 is 39.5 Å². The number of hydrogen-bond acceptors (Lipinski definition) is 15. The SMILES string of the molecule is CCCCCCCCCCCCCCCCCCCCCC(=O)O[C@H](COC(=O)CCCCCCCCCCCCCCC)COP(=O)(O)OC[C@@H](O)COP(=O)(O)OC[C@@H](COC(=O)CCCCCCCCCCC)OC(=O)CCCCCCCCCCCC. The van der Waals surface area contributed by atoms with E-state index in [1.165, 1.54) is 212 Å². The summed E-state index contributed by atoms with van der Waals surface area (Å²) >= 11 is 0. The van der Waals surface area contributed by atoms with Gasteiger partial charge in [0.1, 0.15) is 19.3 Å². The van der Waals surface area contributed by atoms with Crippen molar-refractivity contribution in [2.45, 2.75) is 399 Å². The van der Waals surface area contributed by atoms with Gasteiger partial charge in [0.2, 0.25) is 0 Å².